The number of anilines is 1. The number of carbonyl (C=O) groups excluding carboxylic acids is 1. The SMILES string of the molecule is NC(=O)c1cc(N(CCO)C2CC2)ccn1. The van der Waals surface area contributed by atoms with Gasteiger partial charge in [0.15, 0.2) is 0 Å². The molecule has 0 atom stereocenters. The minimum atomic E-state index is -0.526. The zero-order valence-electron chi connectivity index (χ0n) is 8.97. The minimum absolute atomic E-state index is 0.102. The second kappa shape index (κ2) is 4.49. The summed E-state index contributed by atoms with van der Waals surface area (Å²) in [5.41, 5.74) is 6.35. The van der Waals surface area contributed by atoms with E-state index in [4.69, 9.17) is 10.8 Å². The van der Waals surface area contributed by atoms with E-state index in [1.54, 1.807) is 12.3 Å². The highest BCUT2D eigenvalue weighted by Gasteiger charge is 2.29. The molecule has 2 rings (SSSR count). The molecule has 0 aliphatic heterocycles. The number of aromatic nitrogens is 1. The van der Waals surface area contributed by atoms with E-state index >= 15 is 0 Å². The molecule has 1 aromatic rings. The second-order valence-electron chi connectivity index (χ2n) is 3.91. The lowest BCUT2D eigenvalue weighted by atomic mass is 10.2. The number of amides is 1. The molecule has 1 saturated carbocycles. The first-order valence-corrected chi connectivity index (χ1v) is 5.35. The Morgan fingerprint density at radius 3 is 2.94 bits per heavy atom. The molecule has 5 nitrogen and oxygen atoms in total. The van der Waals surface area contributed by atoms with Crippen LogP contribution < -0.4 is 10.6 Å². The first kappa shape index (κ1) is 10.9. The fourth-order valence-corrected chi connectivity index (χ4v) is 1.75. The summed E-state index contributed by atoms with van der Waals surface area (Å²) in [5, 5.41) is 9.00. The zero-order chi connectivity index (χ0) is 11.5. The number of rotatable bonds is 5. The third kappa shape index (κ3) is 2.30. The highest BCUT2D eigenvalue weighted by atomic mass is 16.3. The standard InChI is InChI=1S/C11H15N3O2/c12-11(16)10-7-9(3-4-13-10)14(5-6-15)8-1-2-8/h3-4,7-8,15H,1-2,5-6H2,(H2,12,16). The van der Waals surface area contributed by atoms with Crippen molar-refractivity contribution < 1.29 is 9.90 Å². The molecule has 16 heavy (non-hydrogen) atoms. The van der Waals surface area contributed by atoms with Crippen LogP contribution in [0.2, 0.25) is 0 Å². The van der Waals surface area contributed by atoms with Crippen molar-refractivity contribution in [2.45, 2.75) is 18.9 Å². The quantitative estimate of drug-likeness (QED) is 0.741. The smallest absolute Gasteiger partial charge is 0.267 e. The lowest BCUT2D eigenvalue weighted by Gasteiger charge is -2.23. The number of primary amides is 1. The van der Waals surface area contributed by atoms with Crippen LogP contribution >= 0.6 is 0 Å². The van der Waals surface area contributed by atoms with E-state index in [2.05, 4.69) is 9.88 Å². The average Bonchev–Trinajstić information content (AvgIpc) is 3.10. The molecule has 86 valence electrons. The van der Waals surface area contributed by atoms with Gasteiger partial charge in [0, 0.05) is 24.5 Å². The van der Waals surface area contributed by atoms with Crippen molar-refractivity contribution in [3.63, 3.8) is 0 Å². The van der Waals surface area contributed by atoms with Crippen LogP contribution in [0.5, 0.6) is 0 Å². The normalized spacial score (nSPS) is 14.8. The van der Waals surface area contributed by atoms with Gasteiger partial charge in [-0.2, -0.15) is 0 Å². The predicted molar refractivity (Wildman–Crippen MR) is 60.2 cm³/mol. The van der Waals surface area contributed by atoms with Crippen molar-refractivity contribution in [3.8, 4) is 0 Å². The van der Waals surface area contributed by atoms with Gasteiger partial charge in [0.05, 0.1) is 6.61 Å². The number of nitrogens with zero attached hydrogens (tertiary/aromatic N) is 2. The van der Waals surface area contributed by atoms with Gasteiger partial charge in [-0.1, -0.05) is 0 Å². The summed E-state index contributed by atoms with van der Waals surface area (Å²) in [6.45, 7) is 0.678. The first-order valence-electron chi connectivity index (χ1n) is 5.35. The molecule has 1 fully saturated rings. The Kier molecular flexibility index (Phi) is 3.05. The molecule has 3 N–H and O–H groups in total. The topological polar surface area (TPSA) is 79.5 Å². The molecule has 1 aliphatic rings. The van der Waals surface area contributed by atoms with E-state index in [-0.39, 0.29) is 12.3 Å². The molecule has 0 spiro atoms. The van der Waals surface area contributed by atoms with Gasteiger partial charge in [-0.15, -0.1) is 0 Å². The summed E-state index contributed by atoms with van der Waals surface area (Å²) >= 11 is 0. The molecule has 0 aromatic carbocycles. The number of pyridine rings is 1. The van der Waals surface area contributed by atoms with Crippen LogP contribution in [0.1, 0.15) is 23.3 Å². The van der Waals surface area contributed by atoms with Gasteiger partial charge >= 0.3 is 0 Å². The molecule has 0 radical (unpaired) electrons. The lowest BCUT2D eigenvalue weighted by Crippen LogP contribution is -2.29. The number of carbonyl (C=O) groups is 1. The third-order valence-electron chi connectivity index (χ3n) is 2.66. The Morgan fingerprint density at radius 1 is 1.62 bits per heavy atom. The molecule has 0 unspecified atom stereocenters. The van der Waals surface area contributed by atoms with Gasteiger partial charge in [-0.3, -0.25) is 9.78 Å². The van der Waals surface area contributed by atoms with Crippen LogP contribution in [0.25, 0.3) is 0 Å². The molecule has 0 saturated heterocycles. The lowest BCUT2D eigenvalue weighted by molar-refractivity contribution is 0.0995. The third-order valence-corrected chi connectivity index (χ3v) is 2.66. The highest BCUT2D eigenvalue weighted by molar-refractivity contribution is 5.91. The van der Waals surface area contributed by atoms with E-state index in [0.717, 1.165) is 18.5 Å². The summed E-state index contributed by atoms with van der Waals surface area (Å²) in [7, 11) is 0. The number of hydrogen-bond acceptors (Lipinski definition) is 4. The minimum Gasteiger partial charge on any atom is -0.395 e. The van der Waals surface area contributed by atoms with Crippen LogP contribution in [-0.2, 0) is 0 Å². The van der Waals surface area contributed by atoms with E-state index in [1.165, 1.54) is 0 Å². The van der Waals surface area contributed by atoms with Crippen molar-refractivity contribution in [3.05, 3.63) is 24.0 Å². The largest absolute Gasteiger partial charge is 0.395 e. The summed E-state index contributed by atoms with van der Waals surface area (Å²) in [6, 6.07) is 3.99. The van der Waals surface area contributed by atoms with E-state index in [0.29, 0.717) is 12.6 Å². The van der Waals surface area contributed by atoms with Gasteiger partial charge in [0.2, 0.25) is 0 Å². The van der Waals surface area contributed by atoms with E-state index in [9.17, 15) is 4.79 Å². The first-order chi connectivity index (χ1) is 7.72. The van der Waals surface area contributed by atoms with Crippen LogP contribution in [0.3, 0.4) is 0 Å². The van der Waals surface area contributed by atoms with Gasteiger partial charge in [-0.05, 0) is 25.0 Å². The maximum absolute atomic E-state index is 11.0. The molecule has 1 aromatic heterocycles. The van der Waals surface area contributed by atoms with Gasteiger partial charge < -0.3 is 15.7 Å². The zero-order valence-corrected chi connectivity index (χ0v) is 8.97. The Bertz CT molecular complexity index is 391. The fourth-order valence-electron chi connectivity index (χ4n) is 1.75. The summed E-state index contributed by atoms with van der Waals surface area (Å²) in [4.78, 5) is 17.0. The van der Waals surface area contributed by atoms with Gasteiger partial charge in [0.25, 0.3) is 5.91 Å². The van der Waals surface area contributed by atoms with Crippen molar-refractivity contribution in [1.82, 2.24) is 4.98 Å². The molecule has 1 aliphatic carbocycles. The summed E-state index contributed by atoms with van der Waals surface area (Å²) in [5.74, 6) is -0.526. The van der Waals surface area contributed by atoms with Crippen LogP contribution in [0, 0.1) is 0 Å². The predicted octanol–water partition coefficient (Wildman–Crippen LogP) is 0.142. The summed E-state index contributed by atoms with van der Waals surface area (Å²) in [6.07, 6.45) is 3.84. The van der Waals surface area contributed by atoms with Gasteiger partial charge in [0.1, 0.15) is 5.69 Å². The molecular formula is C11H15N3O2. The fraction of sp³-hybridized carbons (Fsp3) is 0.455. The molecule has 1 amide bonds. The molecule has 5 heteroatoms. The monoisotopic (exact) mass is 221 g/mol. The molecule has 1 heterocycles. The maximum atomic E-state index is 11.0. The number of hydrogen-bond donors (Lipinski definition) is 2. The average molecular weight is 221 g/mol. The van der Waals surface area contributed by atoms with Crippen molar-refractivity contribution >= 4 is 11.6 Å². The number of aliphatic hydroxyl groups excluding tert-OH is 1. The van der Waals surface area contributed by atoms with Gasteiger partial charge in [-0.25, -0.2) is 0 Å². The van der Waals surface area contributed by atoms with Crippen molar-refractivity contribution in [1.29, 1.82) is 0 Å². The second-order valence-corrected chi connectivity index (χ2v) is 3.91. The number of aliphatic hydroxyl groups is 1. The molecule has 0 bridgehead atoms. The van der Waals surface area contributed by atoms with E-state index in [1.807, 2.05) is 6.07 Å². The van der Waals surface area contributed by atoms with Crippen molar-refractivity contribution in [2.24, 2.45) is 5.73 Å². The van der Waals surface area contributed by atoms with Crippen LogP contribution in [0.4, 0.5) is 5.69 Å². The Hall–Kier alpha value is -1.62. The van der Waals surface area contributed by atoms with Crippen LogP contribution in [0.15, 0.2) is 18.3 Å². The van der Waals surface area contributed by atoms with E-state index < -0.39 is 5.91 Å². The number of nitrogens with two attached hydrogens (primary N) is 1. The Morgan fingerprint density at radius 2 is 2.38 bits per heavy atom. The van der Waals surface area contributed by atoms with Crippen LogP contribution in [-0.4, -0.2) is 35.2 Å². The molecular weight excluding hydrogens is 206 g/mol. The Balaban J connectivity index is 2.22. The highest BCUT2D eigenvalue weighted by Crippen LogP contribution is 2.31. The maximum Gasteiger partial charge on any atom is 0.267 e. The Labute approximate surface area is 93.9 Å². The summed E-state index contributed by atoms with van der Waals surface area (Å²) < 4.78 is 0. The van der Waals surface area contributed by atoms with Crippen molar-refractivity contribution in [2.75, 3.05) is 18.1 Å².